The maximum Gasteiger partial charge on any atom is 0.272 e. The van der Waals surface area contributed by atoms with Gasteiger partial charge in [-0.05, 0) is 13.0 Å². The van der Waals surface area contributed by atoms with Crippen molar-refractivity contribution >= 4 is 5.69 Å². The predicted molar refractivity (Wildman–Crippen MR) is 55.3 cm³/mol. The van der Waals surface area contributed by atoms with Gasteiger partial charge < -0.3 is 16.6 Å². The minimum absolute atomic E-state index is 0.00264. The normalized spacial score (nSPS) is 12.4. The molecule has 0 aliphatic rings. The molecule has 0 saturated heterocycles. The summed E-state index contributed by atoms with van der Waals surface area (Å²) in [6.45, 7) is 0.241. The highest BCUT2D eigenvalue weighted by atomic mass is 19.1. The molecule has 0 spiro atoms. The van der Waals surface area contributed by atoms with Crippen LogP contribution in [0, 0.1) is 15.9 Å². The van der Waals surface area contributed by atoms with E-state index >= 15 is 0 Å². The molecule has 0 amide bonds. The van der Waals surface area contributed by atoms with Crippen LogP contribution in [-0.2, 0) is 0 Å². The van der Waals surface area contributed by atoms with Gasteiger partial charge in [-0.15, -0.1) is 0 Å². The molecule has 88 valence electrons. The van der Waals surface area contributed by atoms with Gasteiger partial charge in [-0.3, -0.25) is 10.1 Å². The summed E-state index contributed by atoms with van der Waals surface area (Å²) in [6.07, 6.45) is 0.300. The van der Waals surface area contributed by atoms with Crippen LogP contribution in [0.2, 0.25) is 0 Å². The average Bonchev–Trinajstić information content (AvgIpc) is 2.21. The third-order valence-corrected chi connectivity index (χ3v) is 2.17. The van der Waals surface area contributed by atoms with Crippen molar-refractivity contribution in [3.63, 3.8) is 0 Å². The zero-order chi connectivity index (χ0) is 12.3. The molecule has 5 N–H and O–H groups in total. The molecule has 0 aliphatic heterocycles. The largest absolute Gasteiger partial charge is 0.505 e. The van der Waals surface area contributed by atoms with Crippen molar-refractivity contribution < 1.29 is 14.4 Å². The van der Waals surface area contributed by atoms with Gasteiger partial charge in [-0.1, -0.05) is 0 Å². The quantitative estimate of drug-likeness (QED) is 0.521. The van der Waals surface area contributed by atoms with Crippen molar-refractivity contribution in [2.24, 2.45) is 11.5 Å². The molecule has 0 aliphatic carbocycles. The number of nitrogens with two attached hydrogens (primary N) is 2. The molecule has 0 fully saturated rings. The Bertz CT molecular complexity index is 411. The first kappa shape index (κ1) is 12.3. The predicted octanol–water partition coefficient (Wildman–Crippen LogP) is 0.788. The summed E-state index contributed by atoms with van der Waals surface area (Å²) in [4.78, 5) is 9.74. The molecule has 6 nitrogen and oxygen atoms in total. The van der Waals surface area contributed by atoms with Crippen molar-refractivity contribution in [3.8, 4) is 5.75 Å². The molecule has 1 rings (SSSR count). The molecule has 0 heterocycles. The van der Waals surface area contributed by atoms with Gasteiger partial charge in [0.15, 0.2) is 11.6 Å². The molecular formula is C9H12FN3O3. The average molecular weight is 229 g/mol. The molecule has 0 bridgehead atoms. The summed E-state index contributed by atoms with van der Waals surface area (Å²) >= 11 is 0. The van der Waals surface area contributed by atoms with Crippen LogP contribution in [0.1, 0.15) is 18.0 Å². The van der Waals surface area contributed by atoms with Crippen LogP contribution in [0.5, 0.6) is 5.75 Å². The highest BCUT2D eigenvalue weighted by Gasteiger charge is 2.19. The van der Waals surface area contributed by atoms with Crippen molar-refractivity contribution in [1.82, 2.24) is 0 Å². The lowest BCUT2D eigenvalue weighted by atomic mass is 10.0. The number of phenols is 1. The van der Waals surface area contributed by atoms with Gasteiger partial charge in [0.25, 0.3) is 5.69 Å². The second-order valence-electron chi connectivity index (χ2n) is 3.31. The van der Waals surface area contributed by atoms with E-state index in [-0.39, 0.29) is 12.1 Å². The number of halogens is 1. The molecule has 1 atom stereocenters. The third-order valence-electron chi connectivity index (χ3n) is 2.17. The first-order chi connectivity index (χ1) is 7.47. The monoisotopic (exact) mass is 229 g/mol. The maximum absolute atomic E-state index is 13.2. The molecule has 1 aromatic rings. The third kappa shape index (κ3) is 2.44. The van der Waals surface area contributed by atoms with Crippen molar-refractivity contribution in [2.75, 3.05) is 6.54 Å². The molecule has 16 heavy (non-hydrogen) atoms. The Morgan fingerprint density at radius 1 is 1.56 bits per heavy atom. The van der Waals surface area contributed by atoms with E-state index in [2.05, 4.69) is 0 Å². The van der Waals surface area contributed by atoms with E-state index in [1.807, 2.05) is 0 Å². The lowest BCUT2D eigenvalue weighted by molar-refractivity contribution is -0.385. The second-order valence-corrected chi connectivity index (χ2v) is 3.31. The number of non-ortho nitro benzene ring substituents is 1. The number of nitrogens with zero attached hydrogens (tertiary/aromatic N) is 1. The molecule has 0 unspecified atom stereocenters. The van der Waals surface area contributed by atoms with Gasteiger partial charge in [0.1, 0.15) is 0 Å². The number of nitro groups is 1. The van der Waals surface area contributed by atoms with E-state index in [0.29, 0.717) is 12.5 Å². The first-order valence-electron chi connectivity index (χ1n) is 4.59. The molecule has 0 saturated carbocycles. The van der Waals surface area contributed by atoms with Crippen molar-refractivity contribution in [1.29, 1.82) is 0 Å². The summed E-state index contributed by atoms with van der Waals surface area (Å²) < 4.78 is 13.2. The Balaban J connectivity index is 3.21. The van der Waals surface area contributed by atoms with Crippen LogP contribution in [0.25, 0.3) is 0 Å². The van der Waals surface area contributed by atoms with Crippen LogP contribution in [-0.4, -0.2) is 16.6 Å². The van der Waals surface area contributed by atoms with Crippen LogP contribution in [0.3, 0.4) is 0 Å². The van der Waals surface area contributed by atoms with E-state index in [9.17, 15) is 19.6 Å². The smallest absolute Gasteiger partial charge is 0.272 e. The fraction of sp³-hybridized carbons (Fsp3) is 0.333. The summed E-state index contributed by atoms with van der Waals surface area (Å²) in [6, 6.07) is 0.978. The van der Waals surface area contributed by atoms with Gasteiger partial charge in [0, 0.05) is 17.7 Å². The van der Waals surface area contributed by atoms with Gasteiger partial charge >= 0.3 is 0 Å². The first-order valence-corrected chi connectivity index (χ1v) is 4.59. The Hall–Kier alpha value is -1.73. The summed E-state index contributed by atoms with van der Waals surface area (Å²) in [5.74, 6) is -1.72. The highest BCUT2D eigenvalue weighted by molar-refractivity contribution is 5.45. The fourth-order valence-corrected chi connectivity index (χ4v) is 1.33. The maximum atomic E-state index is 13.2. The Labute approximate surface area is 90.8 Å². The lowest BCUT2D eigenvalue weighted by Crippen LogP contribution is -2.16. The molecule has 7 heteroatoms. The molecular weight excluding hydrogens is 217 g/mol. The standard InChI is InChI=1S/C9H12FN3O3/c10-7-4-5(13(15)16)3-6(9(7)14)8(12)1-2-11/h3-4,8,14H,1-2,11-12H2/t8-/m1/s1. The summed E-state index contributed by atoms with van der Waals surface area (Å²) in [5, 5.41) is 19.9. The van der Waals surface area contributed by atoms with E-state index in [4.69, 9.17) is 11.5 Å². The Kier molecular flexibility index (Phi) is 3.75. The van der Waals surface area contributed by atoms with Crippen LogP contribution < -0.4 is 11.5 Å². The number of nitro benzene ring substituents is 1. The fourth-order valence-electron chi connectivity index (χ4n) is 1.33. The van der Waals surface area contributed by atoms with Crippen LogP contribution in [0.15, 0.2) is 12.1 Å². The minimum Gasteiger partial charge on any atom is -0.505 e. The molecule has 1 aromatic carbocycles. The van der Waals surface area contributed by atoms with E-state index < -0.39 is 28.2 Å². The van der Waals surface area contributed by atoms with Gasteiger partial charge in [0.05, 0.1) is 11.0 Å². The molecule has 0 radical (unpaired) electrons. The number of phenolic OH excluding ortho intramolecular Hbond substituents is 1. The Morgan fingerprint density at radius 2 is 2.19 bits per heavy atom. The second kappa shape index (κ2) is 4.86. The van der Waals surface area contributed by atoms with E-state index in [0.717, 1.165) is 6.07 Å². The SMILES string of the molecule is NCC[C@@H](N)c1cc([N+](=O)[O-])cc(F)c1O. The Morgan fingerprint density at radius 3 is 2.69 bits per heavy atom. The van der Waals surface area contributed by atoms with Gasteiger partial charge in [-0.2, -0.15) is 0 Å². The van der Waals surface area contributed by atoms with Crippen LogP contribution in [0.4, 0.5) is 10.1 Å². The summed E-state index contributed by atoms with van der Waals surface area (Å²) in [5.41, 5.74) is 10.4. The number of aromatic hydroxyl groups is 1. The molecule has 0 aromatic heterocycles. The van der Waals surface area contributed by atoms with Crippen molar-refractivity contribution in [2.45, 2.75) is 12.5 Å². The number of hydrogen-bond acceptors (Lipinski definition) is 5. The van der Waals surface area contributed by atoms with Crippen molar-refractivity contribution in [3.05, 3.63) is 33.6 Å². The van der Waals surface area contributed by atoms with Crippen LogP contribution >= 0.6 is 0 Å². The minimum atomic E-state index is -1.06. The summed E-state index contributed by atoms with van der Waals surface area (Å²) in [7, 11) is 0. The lowest BCUT2D eigenvalue weighted by Gasteiger charge is -2.12. The van der Waals surface area contributed by atoms with E-state index in [1.54, 1.807) is 0 Å². The van der Waals surface area contributed by atoms with E-state index in [1.165, 1.54) is 0 Å². The zero-order valence-corrected chi connectivity index (χ0v) is 8.39. The zero-order valence-electron chi connectivity index (χ0n) is 8.39. The number of hydrogen-bond donors (Lipinski definition) is 3. The topological polar surface area (TPSA) is 115 Å². The highest BCUT2D eigenvalue weighted by Crippen LogP contribution is 2.31. The van der Waals surface area contributed by atoms with Gasteiger partial charge in [-0.25, -0.2) is 4.39 Å². The number of benzene rings is 1. The van der Waals surface area contributed by atoms with Gasteiger partial charge in [0.2, 0.25) is 0 Å². The number of rotatable bonds is 4.